The molecule has 0 aromatic carbocycles. The van der Waals surface area contributed by atoms with Crippen molar-refractivity contribution in [3.05, 3.63) is 11.6 Å². The van der Waals surface area contributed by atoms with Gasteiger partial charge in [-0.2, -0.15) is 0 Å². The lowest BCUT2D eigenvalue weighted by Gasteiger charge is -2.30. The quantitative estimate of drug-likeness (QED) is 0.391. The Morgan fingerprint density at radius 2 is 2.12 bits per heavy atom. The van der Waals surface area contributed by atoms with E-state index in [1.165, 1.54) is 5.57 Å². The summed E-state index contributed by atoms with van der Waals surface area (Å²) in [4.78, 5) is 22.7. The molecule has 2 saturated heterocycles. The van der Waals surface area contributed by atoms with Crippen LogP contribution in [0.25, 0.3) is 0 Å². The van der Waals surface area contributed by atoms with Crippen molar-refractivity contribution < 1.29 is 19.1 Å². The van der Waals surface area contributed by atoms with Crippen LogP contribution in [0.5, 0.6) is 0 Å². The minimum Gasteiger partial charge on any atom is -0.393 e. The van der Waals surface area contributed by atoms with Crippen LogP contribution in [0.2, 0.25) is 0 Å². The summed E-state index contributed by atoms with van der Waals surface area (Å²) in [6, 6.07) is 0. The van der Waals surface area contributed by atoms with E-state index in [2.05, 4.69) is 17.7 Å². The molecular formula is C13H16O4. The number of hydrogen-bond acceptors (Lipinski definition) is 4. The van der Waals surface area contributed by atoms with Gasteiger partial charge in [0.25, 0.3) is 0 Å². The first-order chi connectivity index (χ1) is 8.15. The molecule has 0 radical (unpaired) electrons. The fraction of sp³-hybridized carbons (Fsp3) is 0.692. The lowest BCUT2D eigenvalue weighted by Crippen LogP contribution is -2.28. The van der Waals surface area contributed by atoms with E-state index in [0.29, 0.717) is 18.4 Å². The van der Waals surface area contributed by atoms with Gasteiger partial charge in [0.2, 0.25) is 0 Å². The third-order valence-corrected chi connectivity index (χ3v) is 4.22. The first-order valence-corrected chi connectivity index (χ1v) is 6.18. The molecule has 1 aliphatic carbocycles. The monoisotopic (exact) mass is 236 g/mol. The first-order valence-electron chi connectivity index (χ1n) is 6.18. The number of cyclic esters (lactones) is 2. The summed E-state index contributed by atoms with van der Waals surface area (Å²) in [6.45, 7) is 3.68. The molecule has 3 rings (SSSR count). The molecule has 92 valence electrons. The molecule has 4 nitrogen and oxygen atoms in total. The Kier molecular flexibility index (Phi) is 2.54. The molecule has 3 aliphatic rings. The maximum atomic E-state index is 11.6. The number of hydrogen-bond donors (Lipinski definition) is 0. The summed E-state index contributed by atoms with van der Waals surface area (Å²) < 4.78 is 10.1. The molecule has 0 saturated carbocycles. The van der Waals surface area contributed by atoms with E-state index in [-0.39, 0.29) is 30.2 Å². The summed E-state index contributed by atoms with van der Waals surface area (Å²) in [5.74, 6) is 0.193. The lowest BCUT2D eigenvalue weighted by atomic mass is 9.72. The molecule has 0 aromatic heterocycles. The smallest absolute Gasteiger partial charge is 0.317 e. The topological polar surface area (TPSA) is 52.6 Å². The zero-order valence-corrected chi connectivity index (χ0v) is 9.85. The van der Waals surface area contributed by atoms with Crippen LogP contribution in [0.4, 0.5) is 0 Å². The van der Waals surface area contributed by atoms with Gasteiger partial charge in [-0.25, -0.2) is 0 Å². The van der Waals surface area contributed by atoms with Crippen molar-refractivity contribution in [2.45, 2.75) is 19.8 Å². The maximum Gasteiger partial charge on any atom is 0.317 e. The molecule has 17 heavy (non-hydrogen) atoms. The molecule has 2 fully saturated rings. The molecule has 4 atom stereocenters. The van der Waals surface area contributed by atoms with Crippen LogP contribution >= 0.6 is 0 Å². The Hall–Kier alpha value is -1.16. The van der Waals surface area contributed by atoms with Crippen molar-refractivity contribution in [1.82, 2.24) is 0 Å². The van der Waals surface area contributed by atoms with Crippen molar-refractivity contribution in [3.63, 3.8) is 0 Å². The van der Waals surface area contributed by atoms with Crippen molar-refractivity contribution >= 4 is 11.9 Å². The van der Waals surface area contributed by atoms with Crippen molar-refractivity contribution in [3.8, 4) is 0 Å². The number of rotatable bonds is 1. The van der Waals surface area contributed by atoms with Gasteiger partial charge in [-0.05, 0) is 23.8 Å². The van der Waals surface area contributed by atoms with Crippen LogP contribution in [0.1, 0.15) is 19.8 Å². The summed E-state index contributed by atoms with van der Waals surface area (Å²) in [5.41, 5.74) is 1.31. The number of allylic oxidation sites excluding steroid dienone is 1. The Morgan fingerprint density at radius 3 is 2.82 bits per heavy atom. The highest BCUT2D eigenvalue weighted by Gasteiger charge is 2.42. The number of fused-ring (bicyclic) bond motifs is 1. The van der Waals surface area contributed by atoms with Crippen LogP contribution in [0.3, 0.4) is 0 Å². The molecule has 4 heteroatoms. The first kappa shape index (κ1) is 11.0. The molecule has 0 amide bonds. The lowest BCUT2D eigenvalue weighted by molar-refractivity contribution is -0.153. The summed E-state index contributed by atoms with van der Waals surface area (Å²) in [7, 11) is 0. The molecule has 2 heterocycles. The van der Waals surface area contributed by atoms with Crippen LogP contribution in [-0.2, 0) is 19.1 Å². The van der Waals surface area contributed by atoms with Gasteiger partial charge in [0.05, 0.1) is 25.6 Å². The SMILES string of the molecule is CC1CC(C2CC(=O)OC2=O)C=C2COCC21. The zero-order chi connectivity index (χ0) is 12.0. The fourth-order valence-electron chi connectivity index (χ4n) is 3.25. The van der Waals surface area contributed by atoms with Gasteiger partial charge in [0.15, 0.2) is 0 Å². The number of ether oxygens (including phenoxy) is 2. The second kappa shape index (κ2) is 3.95. The predicted molar refractivity (Wildman–Crippen MR) is 58.9 cm³/mol. The van der Waals surface area contributed by atoms with Crippen LogP contribution in [0, 0.1) is 23.7 Å². The maximum absolute atomic E-state index is 11.6. The van der Waals surface area contributed by atoms with Crippen molar-refractivity contribution in [2.24, 2.45) is 23.7 Å². The number of carbonyl (C=O) groups excluding carboxylic acids is 2. The third-order valence-electron chi connectivity index (χ3n) is 4.22. The van der Waals surface area contributed by atoms with Crippen LogP contribution in [-0.4, -0.2) is 25.2 Å². The van der Waals surface area contributed by atoms with Crippen molar-refractivity contribution in [1.29, 1.82) is 0 Å². The Morgan fingerprint density at radius 1 is 1.29 bits per heavy atom. The molecular weight excluding hydrogens is 220 g/mol. The average molecular weight is 236 g/mol. The molecule has 0 spiro atoms. The second-order valence-electron chi connectivity index (χ2n) is 5.34. The normalized spacial score (nSPS) is 41.1. The second-order valence-corrected chi connectivity index (χ2v) is 5.34. The van der Waals surface area contributed by atoms with Crippen LogP contribution in [0.15, 0.2) is 11.6 Å². The van der Waals surface area contributed by atoms with Gasteiger partial charge in [-0.1, -0.05) is 13.0 Å². The van der Waals surface area contributed by atoms with Gasteiger partial charge in [-0.15, -0.1) is 0 Å². The average Bonchev–Trinajstić information content (AvgIpc) is 2.84. The van der Waals surface area contributed by atoms with Gasteiger partial charge in [0.1, 0.15) is 0 Å². The Labute approximate surface area is 100.0 Å². The van der Waals surface area contributed by atoms with Gasteiger partial charge >= 0.3 is 11.9 Å². The third kappa shape index (κ3) is 1.80. The molecule has 0 bridgehead atoms. The summed E-state index contributed by atoms with van der Waals surface area (Å²) >= 11 is 0. The molecule has 0 aromatic rings. The van der Waals surface area contributed by atoms with Crippen molar-refractivity contribution in [2.75, 3.05) is 13.2 Å². The Balaban J connectivity index is 1.83. The highest BCUT2D eigenvalue weighted by molar-refractivity contribution is 5.94. The standard InChI is InChI=1S/C13H16O4/c1-7-2-8(3-9-5-16-6-11(7)9)10-4-12(14)17-13(10)15/h3,7-8,10-11H,2,4-6H2,1H3. The highest BCUT2D eigenvalue weighted by Crippen LogP contribution is 2.41. The van der Waals surface area contributed by atoms with E-state index in [9.17, 15) is 9.59 Å². The van der Waals surface area contributed by atoms with E-state index in [1.807, 2.05) is 0 Å². The minimum absolute atomic E-state index is 0.150. The summed E-state index contributed by atoms with van der Waals surface area (Å²) in [6.07, 6.45) is 3.35. The fourth-order valence-corrected chi connectivity index (χ4v) is 3.25. The molecule has 2 aliphatic heterocycles. The summed E-state index contributed by atoms with van der Waals surface area (Å²) in [5, 5.41) is 0. The zero-order valence-electron chi connectivity index (χ0n) is 9.85. The predicted octanol–water partition coefficient (Wildman–Crippen LogP) is 1.30. The van der Waals surface area contributed by atoms with E-state index in [0.717, 1.165) is 13.0 Å². The van der Waals surface area contributed by atoms with Gasteiger partial charge in [-0.3, -0.25) is 9.59 Å². The molecule has 0 N–H and O–H groups in total. The largest absolute Gasteiger partial charge is 0.393 e. The number of esters is 2. The number of carbonyl (C=O) groups is 2. The molecule has 4 unspecified atom stereocenters. The van der Waals surface area contributed by atoms with Crippen LogP contribution < -0.4 is 0 Å². The van der Waals surface area contributed by atoms with E-state index in [1.54, 1.807) is 0 Å². The van der Waals surface area contributed by atoms with Gasteiger partial charge < -0.3 is 9.47 Å². The highest BCUT2D eigenvalue weighted by atomic mass is 16.6. The van der Waals surface area contributed by atoms with Gasteiger partial charge in [0, 0.05) is 5.92 Å². The van der Waals surface area contributed by atoms with E-state index in [4.69, 9.17) is 4.74 Å². The van der Waals surface area contributed by atoms with E-state index >= 15 is 0 Å². The Bertz CT molecular complexity index is 398. The van der Waals surface area contributed by atoms with E-state index < -0.39 is 0 Å². The minimum atomic E-state index is -0.379.